The van der Waals surface area contributed by atoms with Crippen molar-refractivity contribution in [3.8, 4) is 0 Å². The molecule has 1 aromatic carbocycles. The van der Waals surface area contributed by atoms with Crippen LogP contribution >= 0.6 is 0 Å². The average molecular weight is 281 g/mol. The van der Waals surface area contributed by atoms with Crippen molar-refractivity contribution in [1.29, 1.82) is 0 Å². The topological polar surface area (TPSA) is 39.1 Å². The molecule has 2 aromatic rings. The maximum atomic E-state index is 12.7. The summed E-state index contributed by atoms with van der Waals surface area (Å²) in [6, 6.07) is 7.11. The highest BCUT2D eigenvalue weighted by molar-refractivity contribution is 6.29. The predicted octanol–water partition coefficient (Wildman–Crippen LogP) is 3.68. The third kappa shape index (κ3) is 1.88. The second-order valence-electron chi connectivity index (χ2n) is 5.63. The van der Waals surface area contributed by atoms with E-state index in [0.29, 0.717) is 22.3 Å². The van der Waals surface area contributed by atoms with Crippen molar-refractivity contribution in [2.75, 3.05) is 0 Å². The zero-order valence-corrected chi connectivity index (χ0v) is 12.7. The largest absolute Gasteiger partial charge is 0.348 e. The van der Waals surface area contributed by atoms with Crippen molar-refractivity contribution in [2.45, 2.75) is 40.2 Å². The van der Waals surface area contributed by atoms with Gasteiger partial charge < -0.3 is 4.57 Å². The lowest BCUT2D eigenvalue weighted by Crippen LogP contribution is -2.20. The molecular formula is C18H19NO2. The van der Waals surface area contributed by atoms with Crippen LogP contribution in [0.25, 0.3) is 0 Å². The molecule has 0 spiro atoms. The van der Waals surface area contributed by atoms with Gasteiger partial charge in [-0.15, -0.1) is 0 Å². The number of hydrogen-bond acceptors (Lipinski definition) is 2. The molecule has 3 rings (SSSR count). The molecule has 108 valence electrons. The smallest absolute Gasteiger partial charge is 0.196 e. The lowest BCUT2D eigenvalue weighted by atomic mass is 9.84. The minimum Gasteiger partial charge on any atom is -0.348 e. The highest BCUT2D eigenvalue weighted by atomic mass is 16.1. The van der Waals surface area contributed by atoms with Crippen molar-refractivity contribution in [1.82, 2.24) is 4.57 Å². The Bertz CT molecular complexity index is 694. The first-order chi connectivity index (χ1) is 10.1. The Balaban J connectivity index is 2.23. The summed E-state index contributed by atoms with van der Waals surface area (Å²) in [5.41, 5.74) is 4.11. The summed E-state index contributed by atoms with van der Waals surface area (Å²) in [4.78, 5) is 25.5. The number of benzene rings is 1. The van der Waals surface area contributed by atoms with E-state index in [9.17, 15) is 9.59 Å². The number of hydrogen-bond donors (Lipinski definition) is 0. The molecule has 0 atom stereocenters. The van der Waals surface area contributed by atoms with Gasteiger partial charge in [-0.2, -0.15) is 0 Å². The minimum absolute atomic E-state index is 0.0175. The fourth-order valence-electron chi connectivity index (χ4n) is 3.24. The lowest BCUT2D eigenvalue weighted by Gasteiger charge is -2.14. The molecule has 3 nitrogen and oxygen atoms in total. The van der Waals surface area contributed by atoms with Crippen LogP contribution in [-0.2, 0) is 6.54 Å². The van der Waals surface area contributed by atoms with E-state index < -0.39 is 0 Å². The molecular weight excluding hydrogens is 262 g/mol. The Morgan fingerprint density at radius 1 is 0.905 bits per heavy atom. The summed E-state index contributed by atoms with van der Waals surface area (Å²) in [5, 5.41) is 0. The van der Waals surface area contributed by atoms with Crippen molar-refractivity contribution in [3.05, 3.63) is 57.9 Å². The van der Waals surface area contributed by atoms with E-state index in [1.807, 2.05) is 26.0 Å². The molecule has 0 bridgehead atoms. The van der Waals surface area contributed by atoms with E-state index in [0.717, 1.165) is 30.8 Å². The van der Waals surface area contributed by atoms with Gasteiger partial charge in [0.1, 0.15) is 0 Å². The van der Waals surface area contributed by atoms with Crippen LogP contribution in [0.3, 0.4) is 0 Å². The van der Waals surface area contributed by atoms with Crippen molar-refractivity contribution in [2.24, 2.45) is 0 Å². The summed E-state index contributed by atoms with van der Waals surface area (Å²) in [6.07, 6.45) is 2.13. The predicted molar refractivity (Wildman–Crippen MR) is 82.1 cm³/mol. The molecule has 0 amide bonds. The molecule has 0 fully saturated rings. The normalized spacial score (nSPS) is 13.3. The fraction of sp³-hybridized carbons (Fsp3) is 0.333. The summed E-state index contributed by atoms with van der Waals surface area (Å²) in [7, 11) is 0. The fourth-order valence-corrected chi connectivity index (χ4v) is 3.24. The van der Waals surface area contributed by atoms with Gasteiger partial charge in [-0.3, -0.25) is 9.59 Å². The highest BCUT2D eigenvalue weighted by Crippen LogP contribution is 2.33. The van der Waals surface area contributed by atoms with Crippen molar-refractivity contribution >= 4 is 11.6 Å². The van der Waals surface area contributed by atoms with Gasteiger partial charge in [0.2, 0.25) is 0 Å². The summed E-state index contributed by atoms with van der Waals surface area (Å²) in [6.45, 7) is 6.89. The van der Waals surface area contributed by atoms with Crippen LogP contribution in [0.1, 0.15) is 63.0 Å². The number of aromatic nitrogens is 1. The van der Waals surface area contributed by atoms with E-state index in [1.54, 1.807) is 12.1 Å². The number of nitrogens with zero attached hydrogens (tertiary/aromatic N) is 1. The van der Waals surface area contributed by atoms with Gasteiger partial charge in [-0.1, -0.05) is 37.6 Å². The highest BCUT2D eigenvalue weighted by Gasteiger charge is 2.35. The van der Waals surface area contributed by atoms with Gasteiger partial charge in [-0.05, 0) is 20.3 Å². The first kappa shape index (κ1) is 13.8. The van der Waals surface area contributed by atoms with E-state index in [2.05, 4.69) is 11.5 Å². The van der Waals surface area contributed by atoms with Gasteiger partial charge in [0.05, 0.1) is 11.1 Å². The first-order valence-corrected chi connectivity index (χ1v) is 7.46. The van der Waals surface area contributed by atoms with Gasteiger partial charge in [-0.25, -0.2) is 0 Å². The van der Waals surface area contributed by atoms with Crippen LogP contribution in [0.2, 0.25) is 0 Å². The number of ketones is 2. The summed E-state index contributed by atoms with van der Waals surface area (Å²) < 4.78 is 2.12. The number of rotatable bonds is 3. The Morgan fingerprint density at radius 3 is 1.81 bits per heavy atom. The molecule has 1 aliphatic rings. The zero-order chi connectivity index (χ0) is 15.1. The molecule has 0 saturated carbocycles. The van der Waals surface area contributed by atoms with Crippen LogP contribution in [-0.4, -0.2) is 16.1 Å². The molecule has 0 aliphatic heterocycles. The zero-order valence-electron chi connectivity index (χ0n) is 12.7. The number of fused-ring (bicyclic) bond motifs is 2. The maximum absolute atomic E-state index is 12.7. The van der Waals surface area contributed by atoms with Crippen LogP contribution in [0, 0.1) is 13.8 Å². The van der Waals surface area contributed by atoms with Crippen molar-refractivity contribution < 1.29 is 9.59 Å². The summed E-state index contributed by atoms with van der Waals surface area (Å²) >= 11 is 0. The lowest BCUT2D eigenvalue weighted by molar-refractivity contribution is 0.0979. The molecule has 0 saturated heterocycles. The van der Waals surface area contributed by atoms with Gasteiger partial charge in [0, 0.05) is 29.1 Å². The second-order valence-corrected chi connectivity index (χ2v) is 5.63. The molecule has 1 aliphatic carbocycles. The van der Waals surface area contributed by atoms with Gasteiger partial charge >= 0.3 is 0 Å². The average Bonchev–Trinajstić information content (AvgIpc) is 2.74. The van der Waals surface area contributed by atoms with E-state index in [1.165, 1.54) is 0 Å². The maximum Gasteiger partial charge on any atom is 0.196 e. The number of carbonyl (C=O) groups excluding carboxylic acids is 2. The monoisotopic (exact) mass is 281 g/mol. The minimum atomic E-state index is -0.0175. The molecule has 21 heavy (non-hydrogen) atoms. The van der Waals surface area contributed by atoms with Gasteiger partial charge in [0.25, 0.3) is 0 Å². The molecule has 1 heterocycles. The Hall–Kier alpha value is -2.16. The molecule has 1 aromatic heterocycles. The third-order valence-electron chi connectivity index (χ3n) is 4.39. The number of unbranched alkanes of at least 4 members (excludes halogenated alkanes) is 1. The molecule has 3 heteroatoms. The van der Waals surface area contributed by atoms with Crippen molar-refractivity contribution in [3.63, 3.8) is 0 Å². The third-order valence-corrected chi connectivity index (χ3v) is 4.39. The molecule has 0 unspecified atom stereocenters. The second kappa shape index (κ2) is 4.99. The van der Waals surface area contributed by atoms with E-state index in [4.69, 9.17) is 0 Å². The van der Waals surface area contributed by atoms with Crippen LogP contribution in [0.15, 0.2) is 24.3 Å². The molecule has 0 radical (unpaired) electrons. The Morgan fingerprint density at radius 2 is 1.38 bits per heavy atom. The van der Waals surface area contributed by atoms with E-state index in [-0.39, 0.29) is 11.6 Å². The standard InChI is InChI=1S/C18H19NO2/c1-4-5-10-19-11(2)15-16(12(19)3)18(21)14-9-7-6-8-13(14)17(15)20/h6-9H,4-5,10H2,1-3H3. The molecule has 0 N–H and O–H groups in total. The number of carbonyl (C=O) groups is 2. The van der Waals surface area contributed by atoms with Crippen LogP contribution in [0.4, 0.5) is 0 Å². The Labute approximate surface area is 124 Å². The van der Waals surface area contributed by atoms with Gasteiger partial charge in [0.15, 0.2) is 11.6 Å². The SMILES string of the molecule is CCCCn1c(C)c2c(c1C)C(=O)c1ccccc1C2=O. The Kier molecular flexibility index (Phi) is 3.28. The van der Waals surface area contributed by atoms with E-state index >= 15 is 0 Å². The quantitative estimate of drug-likeness (QED) is 0.734. The summed E-state index contributed by atoms with van der Waals surface area (Å²) in [5.74, 6) is -0.0351. The van der Waals surface area contributed by atoms with Crippen LogP contribution < -0.4 is 0 Å². The first-order valence-electron chi connectivity index (χ1n) is 7.46. The van der Waals surface area contributed by atoms with Crippen LogP contribution in [0.5, 0.6) is 0 Å².